The number of hydrogen-bond acceptors (Lipinski definition) is 8. The molecule has 0 spiro atoms. The Bertz CT molecular complexity index is 1900. The Kier molecular flexibility index (Phi) is 6.12. The molecular formula is C33H30F3N5O3. The Balaban J connectivity index is 1.34. The highest BCUT2D eigenvalue weighted by Gasteiger charge is 2.49. The molecule has 1 unspecified atom stereocenters. The molecule has 4 aromatic rings. The molecule has 3 aromatic carbocycles. The lowest BCUT2D eigenvalue weighted by Gasteiger charge is -2.31. The second kappa shape index (κ2) is 9.87. The number of phenolic OH excluding ortho intramolecular Hbond substituents is 1. The second-order valence-electron chi connectivity index (χ2n) is 12.3. The number of ether oxygens (including phenoxy) is 2. The van der Waals surface area contributed by atoms with Crippen molar-refractivity contribution in [2.75, 3.05) is 44.7 Å². The van der Waals surface area contributed by atoms with Gasteiger partial charge in [0.2, 0.25) is 0 Å². The van der Waals surface area contributed by atoms with Gasteiger partial charge in [0, 0.05) is 44.1 Å². The number of benzene rings is 3. The van der Waals surface area contributed by atoms with E-state index in [-0.39, 0.29) is 58.1 Å². The number of fused-ring (bicyclic) bond motifs is 3. The third kappa shape index (κ3) is 4.01. The van der Waals surface area contributed by atoms with Crippen molar-refractivity contribution in [1.82, 2.24) is 20.2 Å². The van der Waals surface area contributed by atoms with Gasteiger partial charge in [-0.25, -0.2) is 13.2 Å². The summed E-state index contributed by atoms with van der Waals surface area (Å²) in [6.45, 7) is 2.57. The zero-order valence-corrected chi connectivity index (χ0v) is 24.0. The monoisotopic (exact) mass is 601 g/mol. The maximum Gasteiger partial charge on any atom is 0.319 e. The molecule has 0 radical (unpaired) electrons. The van der Waals surface area contributed by atoms with Gasteiger partial charge >= 0.3 is 6.01 Å². The molecule has 1 aromatic heterocycles. The van der Waals surface area contributed by atoms with Crippen LogP contribution in [0.15, 0.2) is 30.3 Å². The smallest absolute Gasteiger partial charge is 0.319 e. The van der Waals surface area contributed by atoms with Crippen molar-refractivity contribution < 1.29 is 27.8 Å². The van der Waals surface area contributed by atoms with Gasteiger partial charge in [-0.2, -0.15) is 9.97 Å². The maximum atomic E-state index is 16.9. The molecule has 0 amide bonds. The van der Waals surface area contributed by atoms with E-state index in [0.717, 1.165) is 19.4 Å². The second-order valence-corrected chi connectivity index (χ2v) is 12.3. The van der Waals surface area contributed by atoms with Crippen LogP contribution in [0.3, 0.4) is 0 Å². The van der Waals surface area contributed by atoms with E-state index in [2.05, 4.69) is 21.1 Å². The van der Waals surface area contributed by atoms with Crippen LogP contribution < -0.4 is 19.7 Å². The Morgan fingerprint density at radius 2 is 2.05 bits per heavy atom. The number of anilines is 1. The maximum absolute atomic E-state index is 16.9. The van der Waals surface area contributed by atoms with Crippen LogP contribution >= 0.6 is 0 Å². The fourth-order valence-electron chi connectivity index (χ4n) is 7.71. The summed E-state index contributed by atoms with van der Waals surface area (Å²) in [4.78, 5) is 13.4. The lowest BCUT2D eigenvalue weighted by molar-refractivity contribution is 0.107. The number of aromatic nitrogens is 2. The van der Waals surface area contributed by atoms with Gasteiger partial charge in [0.1, 0.15) is 47.5 Å². The summed E-state index contributed by atoms with van der Waals surface area (Å²) in [7, 11) is 1.88. The van der Waals surface area contributed by atoms with Crippen molar-refractivity contribution in [2.45, 2.75) is 43.1 Å². The van der Waals surface area contributed by atoms with Gasteiger partial charge in [-0.1, -0.05) is 12.0 Å². The van der Waals surface area contributed by atoms with Crippen LogP contribution in [0.4, 0.5) is 19.0 Å². The van der Waals surface area contributed by atoms with E-state index in [1.165, 1.54) is 24.3 Å². The van der Waals surface area contributed by atoms with Crippen LogP contribution in [-0.2, 0) is 0 Å². The van der Waals surface area contributed by atoms with Crippen molar-refractivity contribution >= 4 is 27.5 Å². The largest absolute Gasteiger partial charge is 0.508 e. The Morgan fingerprint density at radius 3 is 2.89 bits per heavy atom. The average molecular weight is 602 g/mol. The molecule has 226 valence electrons. The summed E-state index contributed by atoms with van der Waals surface area (Å²) in [5, 5.41) is 15.1. The molecule has 0 aliphatic carbocycles. The SMILES string of the molecule is C#Cc1c(F)ccc2cc(O)cc(-c3cc4c5c(nc(OC[C@@]67CCCN6C[C@H](F)C7)nc5c3F)N(C)C3CNC[C@H]3O4)c12. The fraction of sp³-hybridized carbons (Fsp3) is 0.394. The van der Waals surface area contributed by atoms with Crippen molar-refractivity contribution in [2.24, 2.45) is 0 Å². The fourth-order valence-corrected chi connectivity index (χ4v) is 7.71. The normalized spacial score (nSPS) is 26.0. The summed E-state index contributed by atoms with van der Waals surface area (Å²) in [6, 6.07) is 6.96. The first-order chi connectivity index (χ1) is 21.3. The van der Waals surface area contributed by atoms with Gasteiger partial charge < -0.3 is 24.8 Å². The number of nitrogens with one attached hydrogen (secondary N) is 1. The Hall–Kier alpha value is -4.27. The van der Waals surface area contributed by atoms with Gasteiger partial charge in [-0.05, 0) is 54.6 Å². The van der Waals surface area contributed by atoms with E-state index >= 15 is 4.39 Å². The van der Waals surface area contributed by atoms with Crippen molar-refractivity contribution in [1.29, 1.82) is 0 Å². The molecule has 4 aliphatic heterocycles. The molecule has 44 heavy (non-hydrogen) atoms. The summed E-state index contributed by atoms with van der Waals surface area (Å²) in [6.07, 6.45) is 6.65. The minimum atomic E-state index is -0.923. The average Bonchev–Trinajstić information content (AvgIpc) is 3.69. The zero-order valence-electron chi connectivity index (χ0n) is 24.0. The van der Waals surface area contributed by atoms with Crippen LogP contribution in [-0.4, -0.2) is 83.7 Å². The minimum absolute atomic E-state index is 0.0228. The summed E-state index contributed by atoms with van der Waals surface area (Å²) in [5.74, 6) is 1.71. The van der Waals surface area contributed by atoms with E-state index in [4.69, 9.17) is 20.9 Å². The van der Waals surface area contributed by atoms with Gasteiger partial charge in [0.05, 0.1) is 22.5 Å². The first-order valence-electron chi connectivity index (χ1n) is 14.8. The Morgan fingerprint density at radius 1 is 1.18 bits per heavy atom. The van der Waals surface area contributed by atoms with E-state index in [9.17, 15) is 13.9 Å². The number of halogens is 3. The topological polar surface area (TPSA) is 83.0 Å². The van der Waals surface area contributed by atoms with Crippen LogP contribution in [0.1, 0.15) is 24.8 Å². The quantitative estimate of drug-likeness (QED) is 0.330. The van der Waals surface area contributed by atoms with Gasteiger partial charge in [-0.15, -0.1) is 6.42 Å². The molecule has 0 saturated carbocycles. The molecular weight excluding hydrogens is 571 g/mol. The number of rotatable bonds is 4. The van der Waals surface area contributed by atoms with Gasteiger partial charge in [0.15, 0.2) is 5.82 Å². The first-order valence-corrected chi connectivity index (χ1v) is 14.8. The number of phenols is 1. The lowest BCUT2D eigenvalue weighted by Crippen LogP contribution is -2.44. The summed E-state index contributed by atoms with van der Waals surface area (Å²) >= 11 is 0. The molecule has 3 fully saturated rings. The van der Waals surface area contributed by atoms with Crippen molar-refractivity contribution in [3.63, 3.8) is 0 Å². The predicted molar refractivity (Wildman–Crippen MR) is 160 cm³/mol. The van der Waals surface area contributed by atoms with E-state index < -0.39 is 23.3 Å². The van der Waals surface area contributed by atoms with E-state index in [0.29, 0.717) is 48.4 Å². The van der Waals surface area contributed by atoms with Crippen LogP contribution in [0, 0.1) is 24.0 Å². The Labute approximate surface area is 251 Å². The van der Waals surface area contributed by atoms with Crippen LogP contribution in [0.5, 0.6) is 17.5 Å². The number of terminal acetylenes is 1. The molecule has 2 N–H and O–H groups in total. The van der Waals surface area contributed by atoms with E-state index in [1.807, 2.05) is 11.9 Å². The molecule has 4 aliphatic rings. The number of likely N-dealkylation sites (N-methyl/N-ethyl adjacent to an activating group) is 1. The summed E-state index contributed by atoms with van der Waals surface area (Å²) < 4.78 is 58.9. The standard InChI is InChI=1S/C33H30F3N5O3/c1-3-20-23(35)6-5-17-9-19(42)10-21(27(17)20)22-11-25-28-30(29(22)36)38-32(39-31(28)40(2)24-13-37-14-26(24)44-25)43-16-33-7-4-8-41(33)15-18(34)12-33/h1,5-6,9-11,18,24,26,37,42H,4,7-8,12-16H2,2H3/t18-,24?,26-,33+/m1/s1. The minimum Gasteiger partial charge on any atom is -0.508 e. The number of nitrogens with zero attached hydrogens (tertiary/aromatic N) is 4. The highest BCUT2D eigenvalue weighted by Crippen LogP contribution is 2.46. The third-order valence-corrected chi connectivity index (χ3v) is 9.79. The van der Waals surface area contributed by atoms with Crippen LogP contribution in [0.25, 0.3) is 32.8 Å². The molecule has 5 heterocycles. The third-order valence-electron chi connectivity index (χ3n) is 9.79. The van der Waals surface area contributed by atoms with Gasteiger partial charge in [-0.3, -0.25) is 4.90 Å². The molecule has 8 rings (SSSR count). The van der Waals surface area contributed by atoms with E-state index in [1.54, 1.807) is 6.07 Å². The summed E-state index contributed by atoms with van der Waals surface area (Å²) in [5.41, 5.74) is -0.284. The zero-order chi connectivity index (χ0) is 30.3. The highest BCUT2D eigenvalue weighted by molar-refractivity contribution is 6.05. The first kappa shape index (κ1) is 27.3. The number of aromatic hydroxyl groups is 1. The molecule has 8 nitrogen and oxygen atoms in total. The van der Waals surface area contributed by atoms with Crippen molar-refractivity contribution in [3.05, 3.63) is 47.5 Å². The van der Waals surface area contributed by atoms with Crippen molar-refractivity contribution in [3.8, 4) is 41.0 Å². The number of hydrogen-bond donors (Lipinski definition) is 2. The number of alkyl halides is 1. The lowest BCUT2D eigenvalue weighted by atomic mass is 9.92. The molecule has 11 heteroatoms. The molecule has 4 atom stereocenters. The predicted octanol–water partition coefficient (Wildman–Crippen LogP) is 4.54. The van der Waals surface area contributed by atoms with Gasteiger partial charge in [0.25, 0.3) is 0 Å². The molecule has 0 bridgehead atoms. The van der Waals surface area contributed by atoms with Crippen LogP contribution in [0.2, 0.25) is 0 Å². The molecule has 3 saturated heterocycles. The highest BCUT2D eigenvalue weighted by atomic mass is 19.1.